The number of amides is 1. The lowest BCUT2D eigenvalue weighted by atomic mass is 10.1. The number of fused-ring (bicyclic) bond motifs is 1. The Morgan fingerprint density at radius 1 is 1.11 bits per heavy atom. The minimum absolute atomic E-state index is 0.158. The molecular weight excluding hydrogens is 356 g/mol. The highest BCUT2D eigenvalue weighted by Gasteiger charge is 2.18. The van der Waals surface area contributed by atoms with E-state index in [1.165, 1.54) is 17.2 Å². The van der Waals surface area contributed by atoms with Crippen LogP contribution < -0.4 is 16.6 Å². The van der Waals surface area contributed by atoms with E-state index in [1.54, 1.807) is 13.2 Å². The summed E-state index contributed by atoms with van der Waals surface area (Å²) in [6, 6.07) is 9.99. The third-order valence-electron chi connectivity index (χ3n) is 4.90. The van der Waals surface area contributed by atoms with Gasteiger partial charge in [-0.2, -0.15) is 0 Å². The lowest BCUT2D eigenvalue weighted by Crippen LogP contribution is -2.38. The number of pyridine rings is 1. The van der Waals surface area contributed by atoms with Gasteiger partial charge in [-0.05, 0) is 30.4 Å². The second-order valence-electron chi connectivity index (χ2n) is 6.80. The third kappa shape index (κ3) is 3.74. The summed E-state index contributed by atoms with van der Waals surface area (Å²) in [6.07, 6.45) is 4.07. The van der Waals surface area contributed by atoms with E-state index >= 15 is 0 Å². The predicted octanol–water partition coefficient (Wildman–Crippen LogP) is 2.16. The normalized spacial score (nSPS) is 11.0. The Kier molecular flexibility index (Phi) is 5.73. The minimum atomic E-state index is -0.458. The molecule has 1 aromatic carbocycles. The molecule has 2 heterocycles. The van der Waals surface area contributed by atoms with Crippen LogP contribution >= 0.6 is 0 Å². The van der Waals surface area contributed by atoms with Crippen molar-refractivity contribution in [3.05, 3.63) is 68.5 Å². The zero-order chi connectivity index (χ0) is 20.3. The number of hydrogen-bond donors (Lipinski definition) is 1. The first-order chi connectivity index (χ1) is 13.4. The molecule has 0 spiro atoms. The third-order valence-corrected chi connectivity index (χ3v) is 4.90. The van der Waals surface area contributed by atoms with Gasteiger partial charge >= 0.3 is 5.69 Å². The largest absolute Gasteiger partial charge is 0.332 e. The molecule has 146 valence electrons. The van der Waals surface area contributed by atoms with Crippen LogP contribution in [-0.2, 0) is 31.7 Å². The summed E-state index contributed by atoms with van der Waals surface area (Å²) >= 11 is 0. The summed E-state index contributed by atoms with van der Waals surface area (Å²) in [4.78, 5) is 41.7. The first-order valence-corrected chi connectivity index (χ1v) is 9.35. The minimum Gasteiger partial charge on any atom is -0.325 e. The van der Waals surface area contributed by atoms with E-state index in [0.29, 0.717) is 24.9 Å². The summed E-state index contributed by atoms with van der Waals surface area (Å²) in [6.45, 7) is 1.93. The molecule has 28 heavy (non-hydrogen) atoms. The molecule has 0 fully saturated rings. The number of carbonyl (C=O) groups is 1. The van der Waals surface area contributed by atoms with Crippen molar-refractivity contribution in [1.29, 1.82) is 0 Å². The maximum atomic E-state index is 12.7. The van der Waals surface area contributed by atoms with Gasteiger partial charge in [-0.1, -0.05) is 37.3 Å². The van der Waals surface area contributed by atoms with Gasteiger partial charge in [0.2, 0.25) is 5.91 Å². The molecule has 0 unspecified atom stereocenters. The van der Waals surface area contributed by atoms with Gasteiger partial charge in [0.1, 0.15) is 5.39 Å². The molecule has 0 aliphatic carbocycles. The highest BCUT2D eigenvalue weighted by Crippen LogP contribution is 2.23. The van der Waals surface area contributed by atoms with Crippen molar-refractivity contribution in [3.63, 3.8) is 0 Å². The van der Waals surface area contributed by atoms with Crippen molar-refractivity contribution in [2.24, 2.45) is 14.1 Å². The van der Waals surface area contributed by atoms with E-state index in [4.69, 9.17) is 0 Å². The predicted molar refractivity (Wildman–Crippen MR) is 110 cm³/mol. The van der Waals surface area contributed by atoms with Crippen LogP contribution in [0.5, 0.6) is 0 Å². The Hall–Kier alpha value is -3.22. The van der Waals surface area contributed by atoms with Crippen LogP contribution in [0.1, 0.15) is 30.9 Å². The number of nitrogens with one attached hydrogen (secondary N) is 1. The Labute approximate surface area is 162 Å². The summed E-state index contributed by atoms with van der Waals surface area (Å²) in [7, 11) is 2.99. The fourth-order valence-electron chi connectivity index (χ4n) is 3.28. The molecule has 7 nitrogen and oxygen atoms in total. The van der Waals surface area contributed by atoms with E-state index < -0.39 is 11.2 Å². The molecule has 0 saturated carbocycles. The van der Waals surface area contributed by atoms with Gasteiger partial charge in [0.25, 0.3) is 5.56 Å². The van der Waals surface area contributed by atoms with Crippen LogP contribution in [0, 0.1) is 0 Å². The van der Waals surface area contributed by atoms with Crippen LogP contribution in [0.15, 0.2) is 46.1 Å². The second-order valence-corrected chi connectivity index (χ2v) is 6.80. The molecule has 0 atom stereocenters. The average molecular weight is 380 g/mol. The summed E-state index contributed by atoms with van der Waals surface area (Å²) in [5, 5.41) is 3.16. The fraction of sp³-hybridized carbons (Fsp3) is 0.333. The van der Waals surface area contributed by atoms with Gasteiger partial charge in [0, 0.05) is 26.7 Å². The van der Waals surface area contributed by atoms with E-state index in [0.717, 1.165) is 16.6 Å². The van der Waals surface area contributed by atoms with Crippen LogP contribution in [-0.4, -0.2) is 20.0 Å². The topological polar surface area (TPSA) is 86.0 Å². The first-order valence-electron chi connectivity index (χ1n) is 9.35. The Morgan fingerprint density at radius 2 is 1.82 bits per heavy atom. The summed E-state index contributed by atoms with van der Waals surface area (Å²) in [5.41, 5.74) is 1.76. The molecule has 7 heteroatoms. The van der Waals surface area contributed by atoms with Gasteiger partial charge in [-0.15, -0.1) is 0 Å². The molecule has 1 amide bonds. The lowest BCUT2D eigenvalue weighted by Gasteiger charge is -2.15. The Bertz CT molecular complexity index is 1130. The Morgan fingerprint density at radius 3 is 2.50 bits per heavy atom. The van der Waals surface area contributed by atoms with Crippen LogP contribution in [0.3, 0.4) is 0 Å². The first kappa shape index (κ1) is 19.5. The molecule has 0 bridgehead atoms. The number of benzene rings is 1. The molecule has 0 aliphatic heterocycles. The average Bonchev–Trinajstić information content (AvgIpc) is 2.71. The molecule has 1 N–H and O–H groups in total. The molecule has 3 aromatic rings. The van der Waals surface area contributed by atoms with Crippen molar-refractivity contribution in [1.82, 2.24) is 14.1 Å². The maximum Gasteiger partial charge on any atom is 0.332 e. The number of aromatic nitrogens is 3. The fourth-order valence-corrected chi connectivity index (χ4v) is 3.28. The highest BCUT2D eigenvalue weighted by atomic mass is 16.2. The van der Waals surface area contributed by atoms with Gasteiger partial charge in [0.05, 0.1) is 5.69 Å². The molecule has 2 aromatic heterocycles. The Balaban J connectivity index is 1.90. The van der Waals surface area contributed by atoms with Crippen LogP contribution in [0.2, 0.25) is 0 Å². The van der Waals surface area contributed by atoms with E-state index in [9.17, 15) is 14.4 Å². The van der Waals surface area contributed by atoms with Crippen molar-refractivity contribution >= 4 is 22.6 Å². The van der Waals surface area contributed by atoms with Gasteiger partial charge in [-0.25, -0.2) is 9.78 Å². The zero-order valence-corrected chi connectivity index (χ0v) is 16.4. The van der Waals surface area contributed by atoms with Gasteiger partial charge in [-0.3, -0.25) is 18.7 Å². The van der Waals surface area contributed by atoms with Crippen molar-refractivity contribution < 1.29 is 4.79 Å². The number of carbonyl (C=O) groups excluding carboxylic acids is 1. The number of rotatable bonds is 6. The number of nitrogens with zero attached hydrogens (tertiary/aromatic N) is 3. The second kappa shape index (κ2) is 8.21. The van der Waals surface area contributed by atoms with Crippen molar-refractivity contribution in [2.75, 3.05) is 5.32 Å². The summed E-state index contributed by atoms with van der Waals surface area (Å²) in [5.74, 6) is -0.158. The van der Waals surface area contributed by atoms with Crippen molar-refractivity contribution in [2.45, 2.75) is 32.6 Å². The highest BCUT2D eigenvalue weighted by molar-refractivity contribution is 6.01. The number of aryl methyl sites for hydroxylation is 3. The standard InChI is InChI=1S/C21H24N4O3/c1-4-15-13-22-19-17(20(27)25(3)21(28)24(19)2)18(15)23-16(26)12-8-11-14-9-6-5-7-10-14/h5-7,9-10,13H,4,8,11-12H2,1-3H3,(H,22,23,26). The molecule has 3 rings (SSSR count). The van der Waals surface area contributed by atoms with Gasteiger partial charge < -0.3 is 5.32 Å². The van der Waals surface area contributed by atoms with E-state index in [-0.39, 0.29) is 16.9 Å². The van der Waals surface area contributed by atoms with Crippen molar-refractivity contribution in [3.8, 4) is 0 Å². The molecule has 0 aliphatic rings. The monoisotopic (exact) mass is 380 g/mol. The van der Waals surface area contributed by atoms with Crippen LogP contribution in [0.25, 0.3) is 11.0 Å². The molecule has 0 saturated heterocycles. The van der Waals surface area contributed by atoms with E-state index in [1.807, 2.05) is 37.3 Å². The smallest absolute Gasteiger partial charge is 0.325 e. The quantitative estimate of drug-likeness (QED) is 0.710. The lowest BCUT2D eigenvalue weighted by molar-refractivity contribution is -0.116. The zero-order valence-electron chi connectivity index (χ0n) is 16.4. The maximum absolute atomic E-state index is 12.7. The summed E-state index contributed by atoms with van der Waals surface area (Å²) < 4.78 is 2.36. The van der Waals surface area contributed by atoms with E-state index in [2.05, 4.69) is 10.3 Å². The molecular formula is C21H24N4O3. The SMILES string of the molecule is CCc1cnc2c(c1NC(=O)CCCc1ccccc1)c(=O)n(C)c(=O)n2C. The number of hydrogen-bond acceptors (Lipinski definition) is 4. The molecule has 0 radical (unpaired) electrons. The van der Waals surface area contributed by atoms with Gasteiger partial charge in [0.15, 0.2) is 5.65 Å². The number of anilines is 1. The van der Waals surface area contributed by atoms with Crippen LogP contribution in [0.4, 0.5) is 5.69 Å².